The summed E-state index contributed by atoms with van der Waals surface area (Å²) < 4.78 is 7.97. The summed E-state index contributed by atoms with van der Waals surface area (Å²) in [6, 6.07) is 67.0. The van der Waals surface area contributed by atoms with Crippen molar-refractivity contribution in [3.63, 3.8) is 0 Å². The van der Waals surface area contributed by atoms with Gasteiger partial charge in [0, 0.05) is 45.4 Å². The van der Waals surface area contributed by atoms with Crippen molar-refractivity contribution in [2.75, 3.05) is 0 Å². The van der Waals surface area contributed by atoms with E-state index in [1.165, 1.54) is 69.7 Å². The second-order valence-corrected chi connectivity index (χ2v) is 16.3. The number of fused-ring (bicyclic) bond motifs is 6. The predicted octanol–water partition coefficient (Wildman–Crippen LogP) is 13.4. The van der Waals surface area contributed by atoms with Crippen molar-refractivity contribution in [2.45, 2.75) is 7.43 Å². The van der Waals surface area contributed by atoms with Crippen molar-refractivity contribution in [3.05, 3.63) is 207 Å². The molecule has 280 valence electrons. The number of nitrogens with zero attached hydrogens (tertiary/aromatic N) is 2. The standard InChI is InChI=1S/C24H16BrN.C18H12IN.C6H6BBrO2.CH4/c25-19-13-10-17(11-14-19)18-12-15-24-22(16-18)21-8-4-5-9-23(21)26(24)20-6-2-1-3-7-20;19-13-10-11-18-16(12-13)15-8-4-5-9-17(15)20(18)14-6-2-1-3-7-14;8-6-3-1-5(2-4-6)7(9)10;/h1-16H;1-12H;1-4,9-10H;1H4. The van der Waals surface area contributed by atoms with E-state index in [-0.39, 0.29) is 7.43 Å². The average molecular weight is 984 g/mol. The van der Waals surface area contributed by atoms with Crippen molar-refractivity contribution in [1.29, 1.82) is 0 Å². The third-order valence-corrected chi connectivity index (χ3v) is 11.4. The highest BCUT2D eigenvalue weighted by atomic mass is 127. The molecule has 8 heteroatoms. The van der Waals surface area contributed by atoms with E-state index in [0.29, 0.717) is 5.46 Å². The fourth-order valence-corrected chi connectivity index (χ4v) is 8.11. The topological polar surface area (TPSA) is 50.3 Å². The van der Waals surface area contributed by atoms with E-state index in [0.717, 1.165) is 8.95 Å². The molecule has 0 aliphatic rings. The fraction of sp³-hybridized carbons (Fsp3) is 0.0204. The van der Waals surface area contributed by atoms with Gasteiger partial charge in [-0.1, -0.05) is 142 Å². The van der Waals surface area contributed by atoms with E-state index in [1.807, 2.05) is 0 Å². The molecular formula is C49H38BBr2IN2O2. The van der Waals surface area contributed by atoms with Crippen LogP contribution >= 0.6 is 54.5 Å². The van der Waals surface area contributed by atoms with Crippen molar-refractivity contribution in [1.82, 2.24) is 9.13 Å². The highest BCUT2D eigenvalue weighted by Gasteiger charge is 2.14. The Kier molecular flexibility index (Phi) is 12.8. The Morgan fingerprint density at radius 3 is 1.32 bits per heavy atom. The number of para-hydroxylation sites is 4. The summed E-state index contributed by atoms with van der Waals surface area (Å²) in [6.45, 7) is 0. The van der Waals surface area contributed by atoms with Gasteiger partial charge in [-0.25, -0.2) is 0 Å². The van der Waals surface area contributed by atoms with Gasteiger partial charge < -0.3 is 19.2 Å². The van der Waals surface area contributed by atoms with Crippen LogP contribution < -0.4 is 5.46 Å². The SMILES string of the molecule is Brc1ccc(-c2ccc3c(c2)c2ccccc2n3-c2ccccc2)cc1.C.Ic1ccc2c(c1)c1ccccc1n2-c1ccccc1.OB(O)c1ccc(Br)cc1. The lowest BCUT2D eigenvalue weighted by molar-refractivity contribution is 0.426. The summed E-state index contributed by atoms with van der Waals surface area (Å²) >= 11 is 9.12. The highest BCUT2D eigenvalue weighted by molar-refractivity contribution is 14.1. The van der Waals surface area contributed by atoms with Gasteiger partial charge in [0.25, 0.3) is 0 Å². The van der Waals surface area contributed by atoms with Crippen LogP contribution in [0.15, 0.2) is 203 Å². The van der Waals surface area contributed by atoms with Crippen LogP contribution in [0.3, 0.4) is 0 Å². The summed E-state index contributed by atoms with van der Waals surface area (Å²) in [4.78, 5) is 0. The Bertz CT molecular complexity index is 2910. The molecule has 10 aromatic rings. The van der Waals surface area contributed by atoms with Crippen LogP contribution in [-0.2, 0) is 0 Å². The summed E-state index contributed by atoms with van der Waals surface area (Å²) in [6.07, 6.45) is 0. The summed E-state index contributed by atoms with van der Waals surface area (Å²) in [5, 5.41) is 22.5. The van der Waals surface area contributed by atoms with Crippen LogP contribution in [0.5, 0.6) is 0 Å². The van der Waals surface area contributed by atoms with Crippen LogP contribution in [-0.4, -0.2) is 26.3 Å². The Balaban J connectivity index is 0.000000142. The van der Waals surface area contributed by atoms with E-state index < -0.39 is 7.12 Å². The molecule has 0 saturated carbocycles. The molecule has 0 atom stereocenters. The van der Waals surface area contributed by atoms with E-state index in [9.17, 15) is 0 Å². The minimum Gasteiger partial charge on any atom is -0.423 e. The molecule has 0 saturated heterocycles. The monoisotopic (exact) mass is 982 g/mol. The Morgan fingerprint density at radius 1 is 0.404 bits per heavy atom. The van der Waals surface area contributed by atoms with Crippen LogP contribution in [0, 0.1) is 3.57 Å². The van der Waals surface area contributed by atoms with Gasteiger partial charge in [0.05, 0.1) is 22.1 Å². The highest BCUT2D eigenvalue weighted by Crippen LogP contribution is 2.35. The summed E-state index contributed by atoms with van der Waals surface area (Å²) in [5.74, 6) is 0. The van der Waals surface area contributed by atoms with Crippen molar-refractivity contribution in [2.24, 2.45) is 0 Å². The number of rotatable bonds is 4. The van der Waals surface area contributed by atoms with Crippen LogP contribution in [0.2, 0.25) is 0 Å². The minimum atomic E-state index is -1.37. The molecule has 0 spiro atoms. The van der Waals surface area contributed by atoms with Gasteiger partial charge in [0.1, 0.15) is 0 Å². The summed E-state index contributed by atoms with van der Waals surface area (Å²) in [5.41, 5.74) is 10.4. The van der Waals surface area contributed by atoms with E-state index in [1.54, 1.807) is 24.3 Å². The molecule has 0 bridgehead atoms. The zero-order valence-electron chi connectivity index (χ0n) is 30.0. The van der Waals surface area contributed by atoms with Gasteiger partial charge in [-0.2, -0.15) is 0 Å². The van der Waals surface area contributed by atoms with E-state index in [2.05, 4.69) is 233 Å². The molecule has 0 fully saturated rings. The van der Waals surface area contributed by atoms with Gasteiger partial charge in [-0.3, -0.25) is 0 Å². The van der Waals surface area contributed by atoms with Crippen LogP contribution in [0.25, 0.3) is 66.1 Å². The molecule has 2 aromatic heterocycles. The van der Waals surface area contributed by atoms with Gasteiger partial charge >= 0.3 is 7.12 Å². The van der Waals surface area contributed by atoms with Crippen molar-refractivity contribution < 1.29 is 10.0 Å². The average Bonchev–Trinajstić information content (AvgIpc) is 3.74. The van der Waals surface area contributed by atoms with E-state index >= 15 is 0 Å². The number of hydrogen-bond acceptors (Lipinski definition) is 2. The largest absolute Gasteiger partial charge is 0.488 e. The zero-order valence-corrected chi connectivity index (χ0v) is 35.3. The molecule has 57 heavy (non-hydrogen) atoms. The lowest BCUT2D eigenvalue weighted by Gasteiger charge is -2.08. The summed E-state index contributed by atoms with van der Waals surface area (Å²) in [7, 11) is -1.37. The van der Waals surface area contributed by atoms with Gasteiger partial charge in [-0.05, 0) is 130 Å². The molecule has 0 radical (unpaired) electrons. The maximum atomic E-state index is 8.65. The first-order valence-electron chi connectivity index (χ1n) is 18.1. The van der Waals surface area contributed by atoms with Crippen LogP contribution in [0.4, 0.5) is 0 Å². The van der Waals surface area contributed by atoms with Gasteiger partial charge in [0.2, 0.25) is 0 Å². The lowest BCUT2D eigenvalue weighted by atomic mass is 9.81. The maximum absolute atomic E-state index is 8.65. The minimum absolute atomic E-state index is 0. The molecular weight excluding hydrogens is 946 g/mol. The molecule has 2 N–H and O–H groups in total. The molecule has 0 amide bonds. The Morgan fingerprint density at radius 2 is 0.807 bits per heavy atom. The van der Waals surface area contributed by atoms with Crippen LogP contribution in [0.1, 0.15) is 7.43 Å². The number of aromatic nitrogens is 2. The normalized spacial score (nSPS) is 10.8. The number of benzene rings is 8. The second kappa shape index (κ2) is 18.1. The zero-order chi connectivity index (χ0) is 38.6. The van der Waals surface area contributed by atoms with Gasteiger partial charge in [-0.15, -0.1) is 0 Å². The molecule has 4 nitrogen and oxygen atoms in total. The molecule has 0 unspecified atom stereocenters. The molecule has 10 rings (SSSR count). The second-order valence-electron chi connectivity index (χ2n) is 13.2. The third-order valence-electron chi connectivity index (χ3n) is 9.68. The predicted molar refractivity (Wildman–Crippen MR) is 258 cm³/mol. The maximum Gasteiger partial charge on any atom is 0.488 e. The number of halogens is 3. The van der Waals surface area contributed by atoms with Crippen molar-refractivity contribution in [3.8, 4) is 22.5 Å². The molecule has 0 aliphatic carbocycles. The van der Waals surface area contributed by atoms with Gasteiger partial charge in [0.15, 0.2) is 0 Å². The Hall–Kier alpha value is -4.97. The fourth-order valence-electron chi connectivity index (χ4n) is 7.09. The number of hydrogen-bond donors (Lipinski definition) is 2. The Labute approximate surface area is 363 Å². The molecule has 0 aliphatic heterocycles. The quantitative estimate of drug-likeness (QED) is 0.136. The lowest BCUT2D eigenvalue weighted by Crippen LogP contribution is -2.29. The van der Waals surface area contributed by atoms with E-state index in [4.69, 9.17) is 10.0 Å². The van der Waals surface area contributed by atoms with Crippen molar-refractivity contribution >= 4 is 111 Å². The first-order chi connectivity index (χ1) is 27.4. The first kappa shape index (κ1) is 40.2. The smallest absolute Gasteiger partial charge is 0.423 e. The molecule has 8 aromatic carbocycles. The third kappa shape index (κ3) is 8.66. The molecule has 2 heterocycles. The first-order valence-corrected chi connectivity index (χ1v) is 20.7.